The molecule has 2 heterocycles. The third-order valence-electron chi connectivity index (χ3n) is 4.87. The monoisotopic (exact) mass is 337 g/mol. The van der Waals surface area contributed by atoms with Crippen molar-refractivity contribution in [2.75, 3.05) is 33.7 Å². The molecule has 25 heavy (non-hydrogen) atoms. The molecule has 1 saturated heterocycles. The minimum absolute atomic E-state index is 0.169. The number of likely N-dealkylation sites (tertiary alicyclic amines) is 1. The topological polar surface area (TPSA) is 36.4 Å². The van der Waals surface area contributed by atoms with Gasteiger partial charge in [-0.1, -0.05) is 29.8 Å². The van der Waals surface area contributed by atoms with Crippen LogP contribution < -0.4 is 0 Å². The lowest BCUT2D eigenvalue weighted by molar-refractivity contribution is -0.130. The van der Waals surface area contributed by atoms with Crippen molar-refractivity contribution < 1.29 is 4.79 Å². The fraction of sp³-hybridized carbons (Fsp3) is 0.429. The predicted molar refractivity (Wildman–Crippen MR) is 102 cm³/mol. The van der Waals surface area contributed by atoms with Crippen molar-refractivity contribution in [3.05, 3.63) is 53.7 Å². The first-order valence-corrected chi connectivity index (χ1v) is 8.99. The Morgan fingerprint density at radius 2 is 2.04 bits per heavy atom. The number of aryl methyl sites for hydroxylation is 1. The van der Waals surface area contributed by atoms with Crippen LogP contribution in [0.2, 0.25) is 0 Å². The van der Waals surface area contributed by atoms with Gasteiger partial charge in [0, 0.05) is 37.8 Å². The van der Waals surface area contributed by atoms with Crippen LogP contribution in [0.1, 0.15) is 30.0 Å². The lowest BCUT2D eigenvalue weighted by Gasteiger charge is -2.32. The van der Waals surface area contributed by atoms with E-state index in [1.807, 2.05) is 14.1 Å². The summed E-state index contributed by atoms with van der Waals surface area (Å²) in [6.07, 6.45) is 2.25. The van der Waals surface area contributed by atoms with Crippen LogP contribution in [0.4, 0.5) is 0 Å². The first kappa shape index (κ1) is 17.6. The zero-order valence-corrected chi connectivity index (χ0v) is 15.4. The van der Waals surface area contributed by atoms with Crippen molar-refractivity contribution in [1.82, 2.24) is 14.8 Å². The highest BCUT2D eigenvalue weighted by molar-refractivity contribution is 5.77. The van der Waals surface area contributed by atoms with Gasteiger partial charge in [-0.3, -0.25) is 14.7 Å². The van der Waals surface area contributed by atoms with Crippen LogP contribution in [0.3, 0.4) is 0 Å². The quantitative estimate of drug-likeness (QED) is 0.859. The van der Waals surface area contributed by atoms with Crippen molar-refractivity contribution in [3.63, 3.8) is 0 Å². The summed E-state index contributed by atoms with van der Waals surface area (Å²) < 4.78 is 0. The van der Waals surface area contributed by atoms with Gasteiger partial charge in [-0.15, -0.1) is 0 Å². The van der Waals surface area contributed by atoms with Gasteiger partial charge in [-0.25, -0.2) is 0 Å². The first-order valence-electron chi connectivity index (χ1n) is 8.99. The Hall–Kier alpha value is -2.20. The molecule has 1 aliphatic rings. The van der Waals surface area contributed by atoms with Gasteiger partial charge >= 0.3 is 0 Å². The van der Waals surface area contributed by atoms with E-state index in [1.165, 1.54) is 5.56 Å². The van der Waals surface area contributed by atoms with Gasteiger partial charge in [0.25, 0.3) is 0 Å². The summed E-state index contributed by atoms with van der Waals surface area (Å²) in [6.45, 7) is 4.51. The average molecular weight is 337 g/mol. The molecule has 0 N–H and O–H groups in total. The van der Waals surface area contributed by atoms with E-state index in [0.717, 1.165) is 42.9 Å². The summed E-state index contributed by atoms with van der Waals surface area (Å²) in [5.41, 5.74) is 4.58. The van der Waals surface area contributed by atoms with Gasteiger partial charge in [-0.2, -0.15) is 0 Å². The number of benzene rings is 1. The molecular weight excluding hydrogens is 310 g/mol. The lowest BCUT2D eigenvalue weighted by atomic mass is 9.93. The number of rotatable bonds is 4. The number of likely N-dealkylation sites (N-methyl/N-ethyl adjacent to an activating group) is 1. The molecule has 0 spiro atoms. The second kappa shape index (κ2) is 7.79. The molecule has 1 aromatic carbocycles. The Morgan fingerprint density at radius 3 is 2.80 bits per heavy atom. The van der Waals surface area contributed by atoms with Gasteiger partial charge in [0.2, 0.25) is 5.91 Å². The molecule has 4 heteroatoms. The summed E-state index contributed by atoms with van der Waals surface area (Å²) >= 11 is 0. The smallest absolute Gasteiger partial charge is 0.236 e. The zero-order valence-electron chi connectivity index (χ0n) is 15.4. The van der Waals surface area contributed by atoms with Crippen LogP contribution in [0.15, 0.2) is 42.5 Å². The average Bonchev–Trinajstić information content (AvgIpc) is 2.62. The van der Waals surface area contributed by atoms with Crippen molar-refractivity contribution in [2.24, 2.45) is 0 Å². The van der Waals surface area contributed by atoms with Gasteiger partial charge in [0.05, 0.1) is 12.2 Å². The normalized spacial score (nSPS) is 18.1. The summed E-state index contributed by atoms with van der Waals surface area (Å²) in [5.74, 6) is 0.565. The molecule has 3 rings (SSSR count). The van der Waals surface area contributed by atoms with E-state index >= 15 is 0 Å². The molecule has 0 aliphatic carbocycles. The van der Waals surface area contributed by atoms with Crippen molar-refractivity contribution in [3.8, 4) is 11.3 Å². The number of carbonyl (C=O) groups is 1. The zero-order chi connectivity index (χ0) is 17.8. The highest BCUT2D eigenvalue weighted by atomic mass is 16.2. The maximum absolute atomic E-state index is 12.0. The first-order chi connectivity index (χ1) is 12.0. The summed E-state index contributed by atoms with van der Waals surface area (Å²) in [4.78, 5) is 20.9. The fourth-order valence-corrected chi connectivity index (χ4v) is 3.42. The minimum Gasteiger partial charge on any atom is -0.348 e. The molecule has 1 aromatic heterocycles. The van der Waals surface area contributed by atoms with E-state index in [0.29, 0.717) is 12.5 Å². The third-order valence-corrected chi connectivity index (χ3v) is 4.87. The molecule has 1 atom stereocenters. The number of piperidine rings is 1. The lowest BCUT2D eigenvalue weighted by Crippen LogP contribution is -2.41. The van der Waals surface area contributed by atoms with E-state index in [1.54, 1.807) is 4.90 Å². The van der Waals surface area contributed by atoms with Crippen LogP contribution in [-0.2, 0) is 4.79 Å². The van der Waals surface area contributed by atoms with E-state index in [-0.39, 0.29) is 5.91 Å². The number of carbonyl (C=O) groups excluding carboxylic acids is 1. The van der Waals surface area contributed by atoms with Gasteiger partial charge in [-0.05, 0) is 44.5 Å². The molecule has 2 aromatic rings. The molecule has 1 fully saturated rings. The van der Waals surface area contributed by atoms with Crippen molar-refractivity contribution in [2.45, 2.75) is 25.7 Å². The highest BCUT2D eigenvalue weighted by Gasteiger charge is 2.24. The number of nitrogens with zero attached hydrogens (tertiary/aromatic N) is 3. The molecule has 1 aliphatic heterocycles. The van der Waals surface area contributed by atoms with Crippen LogP contribution >= 0.6 is 0 Å². The summed E-state index contributed by atoms with van der Waals surface area (Å²) in [6, 6.07) is 14.8. The number of hydrogen-bond donors (Lipinski definition) is 0. The highest BCUT2D eigenvalue weighted by Crippen LogP contribution is 2.27. The Balaban J connectivity index is 1.75. The molecular formula is C21H27N3O. The fourth-order valence-electron chi connectivity index (χ4n) is 3.42. The van der Waals surface area contributed by atoms with Gasteiger partial charge in [0.15, 0.2) is 0 Å². The Bertz CT molecular complexity index is 741. The SMILES string of the molecule is Cc1cccc(-c2cccc(C3CCCN(CC(=O)N(C)C)C3)n2)c1. The number of amides is 1. The Morgan fingerprint density at radius 1 is 1.24 bits per heavy atom. The van der Waals surface area contributed by atoms with Crippen LogP contribution in [0.25, 0.3) is 11.3 Å². The summed E-state index contributed by atoms with van der Waals surface area (Å²) in [7, 11) is 3.63. The van der Waals surface area contributed by atoms with Crippen LogP contribution in [0, 0.1) is 6.92 Å². The second-order valence-corrected chi connectivity index (χ2v) is 7.18. The Labute approximate surface area is 150 Å². The molecule has 0 saturated carbocycles. The molecule has 0 bridgehead atoms. The van der Waals surface area contributed by atoms with Crippen LogP contribution in [0.5, 0.6) is 0 Å². The maximum atomic E-state index is 12.0. The van der Waals surface area contributed by atoms with E-state index < -0.39 is 0 Å². The molecule has 132 valence electrons. The number of hydrogen-bond acceptors (Lipinski definition) is 3. The van der Waals surface area contributed by atoms with E-state index in [2.05, 4.69) is 54.3 Å². The number of pyridine rings is 1. The molecule has 4 nitrogen and oxygen atoms in total. The molecule has 0 radical (unpaired) electrons. The van der Waals surface area contributed by atoms with Crippen molar-refractivity contribution in [1.29, 1.82) is 0 Å². The molecule has 1 unspecified atom stereocenters. The molecule has 1 amide bonds. The third kappa shape index (κ3) is 4.45. The second-order valence-electron chi connectivity index (χ2n) is 7.18. The van der Waals surface area contributed by atoms with Crippen LogP contribution in [-0.4, -0.2) is 54.4 Å². The Kier molecular flexibility index (Phi) is 5.49. The van der Waals surface area contributed by atoms with Crippen molar-refractivity contribution >= 4 is 5.91 Å². The van der Waals surface area contributed by atoms with E-state index in [9.17, 15) is 4.79 Å². The predicted octanol–water partition coefficient (Wildman–Crippen LogP) is 3.32. The van der Waals surface area contributed by atoms with Gasteiger partial charge < -0.3 is 4.90 Å². The minimum atomic E-state index is 0.169. The summed E-state index contributed by atoms with van der Waals surface area (Å²) in [5, 5.41) is 0. The number of aromatic nitrogens is 1. The maximum Gasteiger partial charge on any atom is 0.236 e. The van der Waals surface area contributed by atoms with Gasteiger partial charge in [0.1, 0.15) is 0 Å². The van der Waals surface area contributed by atoms with E-state index in [4.69, 9.17) is 4.98 Å². The largest absolute Gasteiger partial charge is 0.348 e. The standard InChI is InChI=1S/C21H27N3O/c1-16-7-4-8-17(13-16)19-10-5-11-20(22-19)18-9-6-12-24(14-18)15-21(25)23(2)3/h4-5,7-8,10-11,13,18H,6,9,12,14-15H2,1-3H3.